The number of hydrogen-bond acceptors (Lipinski definition) is 4. The monoisotopic (exact) mass is 552 g/mol. The van der Waals surface area contributed by atoms with Crippen LogP contribution in [0.25, 0.3) is 5.57 Å². The molecule has 0 unspecified atom stereocenters. The molecule has 2 aromatic carbocycles. The number of nitrogens with zero attached hydrogens (tertiary/aromatic N) is 1. The first-order chi connectivity index (χ1) is 17.5. The van der Waals surface area contributed by atoms with E-state index >= 15 is 0 Å². The smallest absolute Gasteiger partial charge is 0.389 e. The maximum absolute atomic E-state index is 12.9. The normalized spacial score (nSPS) is 17.7. The van der Waals surface area contributed by atoms with Crippen molar-refractivity contribution in [3.05, 3.63) is 75.8 Å². The van der Waals surface area contributed by atoms with E-state index in [0.29, 0.717) is 35.5 Å². The highest BCUT2D eigenvalue weighted by Crippen LogP contribution is 2.41. The fourth-order valence-electron chi connectivity index (χ4n) is 4.16. The third kappa shape index (κ3) is 7.21. The number of halogens is 5. The van der Waals surface area contributed by atoms with Crippen molar-refractivity contribution < 1.29 is 27.4 Å². The van der Waals surface area contributed by atoms with E-state index in [2.05, 4.69) is 11.9 Å². The maximum atomic E-state index is 12.9. The average molecular weight is 553 g/mol. The third-order valence-corrected chi connectivity index (χ3v) is 6.63. The number of nitriles is 1. The molecular weight excluding hydrogens is 528 g/mol. The van der Waals surface area contributed by atoms with Crippen LogP contribution in [0.3, 0.4) is 0 Å². The van der Waals surface area contributed by atoms with Crippen molar-refractivity contribution in [1.82, 2.24) is 5.32 Å². The third-order valence-electron chi connectivity index (χ3n) is 6.07. The van der Waals surface area contributed by atoms with Crippen molar-refractivity contribution >= 4 is 34.7 Å². The Hall–Kier alpha value is -3.15. The van der Waals surface area contributed by atoms with E-state index in [-0.39, 0.29) is 35.1 Å². The van der Waals surface area contributed by atoms with Crippen LogP contribution in [0.15, 0.2) is 54.6 Å². The Morgan fingerprint density at radius 1 is 1.24 bits per heavy atom. The molecule has 2 aromatic rings. The number of methoxy groups -OCH3 is 1. The first-order valence-electron chi connectivity index (χ1n) is 11.4. The minimum atomic E-state index is -4.21. The highest BCUT2D eigenvalue weighted by atomic mass is 35.5. The number of aryl methyl sites for hydroxylation is 1. The van der Waals surface area contributed by atoms with E-state index in [9.17, 15) is 23.2 Å². The zero-order valence-corrected chi connectivity index (χ0v) is 21.6. The fraction of sp³-hybridized carbons (Fsp3) is 0.333. The van der Waals surface area contributed by atoms with Crippen LogP contribution in [0.5, 0.6) is 11.5 Å². The molecule has 1 heterocycles. The van der Waals surface area contributed by atoms with Gasteiger partial charge in [0.2, 0.25) is 0 Å². The SMILES string of the molecule is C=C[C@]1(CCc2cccc(OCCCC(F)(F)F)c2)CC(c2cc(Cl)c(OC)c(Cl)c2)=C(C#N)C(=O)N1. The van der Waals surface area contributed by atoms with Crippen LogP contribution >= 0.6 is 23.2 Å². The van der Waals surface area contributed by atoms with Crippen molar-refractivity contribution in [2.45, 2.75) is 43.8 Å². The zero-order valence-electron chi connectivity index (χ0n) is 20.1. The number of rotatable bonds is 10. The predicted molar refractivity (Wildman–Crippen MR) is 137 cm³/mol. The van der Waals surface area contributed by atoms with Crippen molar-refractivity contribution in [3.63, 3.8) is 0 Å². The number of alkyl halides is 3. The second kappa shape index (κ2) is 11.9. The molecule has 1 aliphatic heterocycles. The summed E-state index contributed by atoms with van der Waals surface area (Å²) < 4.78 is 47.7. The number of benzene rings is 2. The number of amides is 1. The molecule has 1 N–H and O–H groups in total. The molecule has 0 saturated carbocycles. The molecule has 0 spiro atoms. The van der Waals surface area contributed by atoms with Crippen LogP contribution in [0, 0.1) is 11.3 Å². The Bertz CT molecular complexity index is 1230. The van der Waals surface area contributed by atoms with Gasteiger partial charge in [0, 0.05) is 12.8 Å². The zero-order chi connectivity index (χ0) is 27.2. The lowest BCUT2D eigenvalue weighted by Crippen LogP contribution is -2.51. The molecule has 0 radical (unpaired) electrons. The van der Waals surface area contributed by atoms with Gasteiger partial charge in [0.15, 0.2) is 5.75 Å². The summed E-state index contributed by atoms with van der Waals surface area (Å²) in [4.78, 5) is 12.9. The second-order valence-corrected chi connectivity index (χ2v) is 9.46. The average Bonchev–Trinajstić information content (AvgIpc) is 2.84. The molecule has 3 rings (SSSR count). The number of ether oxygens (including phenoxy) is 2. The standard InChI is InChI=1S/C27H25Cl2F3N2O3/c1-3-26(10-8-17-6-4-7-19(12-17)37-11-5-9-27(30,31)32)15-20(21(16-33)25(35)34-26)18-13-22(28)24(36-2)23(29)14-18/h3-4,6-7,12-14H,1,5,8-11,15H2,2H3,(H,34,35)/t26-/m0/s1. The molecule has 0 aliphatic carbocycles. The number of carbonyl (C=O) groups is 1. The summed E-state index contributed by atoms with van der Waals surface area (Å²) in [6.45, 7) is 3.88. The molecule has 0 bridgehead atoms. The topological polar surface area (TPSA) is 71.3 Å². The van der Waals surface area contributed by atoms with Gasteiger partial charge in [0.25, 0.3) is 5.91 Å². The van der Waals surface area contributed by atoms with Gasteiger partial charge in [0.1, 0.15) is 17.4 Å². The number of hydrogen-bond donors (Lipinski definition) is 1. The van der Waals surface area contributed by atoms with Crippen molar-refractivity contribution in [2.75, 3.05) is 13.7 Å². The lowest BCUT2D eigenvalue weighted by molar-refractivity contribution is -0.136. The summed E-state index contributed by atoms with van der Waals surface area (Å²) in [5, 5.41) is 13.1. The van der Waals surface area contributed by atoms with Crippen LogP contribution in [0.4, 0.5) is 13.2 Å². The van der Waals surface area contributed by atoms with E-state index < -0.39 is 24.0 Å². The highest BCUT2D eigenvalue weighted by molar-refractivity contribution is 6.37. The molecule has 5 nitrogen and oxygen atoms in total. The first-order valence-corrected chi connectivity index (χ1v) is 12.2. The van der Waals surface area contributed by atoms with E-state index in [4.69, 9.17) is 32.7 Å². The van der Waals surface area contributed by atoms with Gasteiger partial charge in [-0.2, -0.15) is 18.4 Å². The van der Waals surface area contributed by atoms with E-state index in [0.717, 1.165) is 5.56 Å². The van der Waals surface area contributed by atoms with Crippen LogP contribution in [-0.4, -0.2) is 31.3 Å². The molecule has 0 fully saturated rings. The van der Waals surface area contributed by atoms with Crippen molar-refractivity contribution in [2.24, 2.45) is 0 Å². The minimum absolute atomic E-state index is 0.0379. The summed E-state index contributed by atoms with van der Waals surface area (Å²) in [5.41, 5.74) is 0.983. The van der Waals surface area contributed by atoms with Crippen molar-refractivity contribution in [1.29, 1.82) is 5.26 Å². The van der Waals surface area contributed by atoms with Gasteiger partial charge in [-0.15, -0.1) is 6.58 Å². The number of nitrogens with one attached hydrogen (secondary N) is 1. The summed E-state index contributed by atoms with van der Waals surface area (Å²) >= 11 is 12.6. The molecule has 0 saturated heterocycles. The van der Waals surface area contributed by atoms with Gasteiger partial charge in [-0.05, 0) is 60.2 Å². The Morgan fingerprint density at radius 3 is 2.54 bits per heavy atom. The fourth-order valence-corrected chi connectivity index (χ4v) is 4.81. The van der Waals surface area contributed by atoms with E-state index in [1.54, 1.807) is 36.4 Å². The molecule has 0 aromatic heterocycles. The Balaban J connectivity index is 1.78. The van der Waals surface area contributed by atoms with E-state index in [1.807, 2.05) is 12.1 Å². The van der Waals surface area contributed by atoms with Crippen molar-refractivity contribution in [3.8, 4) is 17.6 Å². The Labute approximate surface area is 223 Å². The number of carbonyl (C=O) groups excluding carboxylic acids is 1. The summed E-state index contributed by atoms with van der Waals surface area (Å²) in [6, 6.07) is 12.2. The molecule has 1 aliphatic rings. The molecule has 1 amide bonds. The summed E-state index contributed by atoms with van der Waals surface area (Å²) in [6.07, 6.45) is -2.38. The Kier molecular flexibility index (Phi) is 9.16. The van der Waals surface area contributed by atoms with Gasteiger partial charge in [-0.3, -0.25) is 4.79 Å². The maximum Gasteiger partial charge on any atom is 0.389 e. The largest absolute Gasteiger partial charge is 0.494 e. The molecule has 37 heavy (non-hydrogen) atoms. The quantitative estimate of drug-likeness (QED) is 0.252. The lowest BCUT2D eigenvalue weighted by Gasteiger charge is -2.37. The molecule has 1 atom stereocenters. The van der Waals surface area contributed by atoms with Gasteiger partial charge in [0.05, 0.1) is 29.3 Å². The van der Waals surface area contributed by atoms with Gasteiger partial charge in [-0.1, -0.05) is 41.4 Å². The molecular formula is C27H25Cl2F3N2O3. The lowest BCUT2D eigenvalue weighted by atomic mass is 9.78. The molecule has 196 valence electrons. The van der Waals surface area contributed by atoms with Crippen LogP contribution in [0.2, 0.25) is 10.0 Å². The van der Waals surface area contributed by atoms with E-state index in [1.165, 1.54) is 7.11 Å². The summed E-state index contributed by atoms with van der Waals surface area (Å²) in [7, 11) is 1.44. The predicted octanol–water partition coefficient (Wildman–Crippen LogP) is 7.08. The Morgan fingerprint density at radius 2 is 1.95 bits per heavy atom. The van der Waals surface area contributed by atoms with Gasteiger partial charge in [-0.25, -0.2) is 0 Å². The minimum Gasteiger partial charge on any atom is -0.494 e. The van der Waals surface area contributed by atoms with Crippen LogP contribution in [0.1, 0.15) is 36.8 Å². The van der Waals surface area contributed by atoms with Crippen LogP contribution < -0.4 is 14.8 Å². The second-order valence-electron chi connectivity index (χ2n) is 8.64. The molecule has 10 heteroatoms. The van der Waals surface area contributed by atoms with Gasteiger partial charge >= 0.3 is 6.18 Å². The van der Waals surface area contributed by atoms with Crippen LogP contribution in [-0.2, 0) is 11.2 Å². The first kappa shape index (κ1) is 28.4. The van der Waals surface area contributed by atoms with Gasteiger partial charge < -0.3 is 14.8 Å². The highest BCUT2D eigenvalue weighted by Gasteiger charge is 2.37. The summed E-state index contributed by atoms with van der Waals surface area (Å²) in [5.74, 6) is 0.227.